The van der Waals surface area contributed by atoms with Crippen molar-refractivity contribution in [2.75, 3.05) is 11.9 Å². The van der Waals surface area contributed by atoms with Crippen LogP contribution in [-0.2, 0) is 10.2 Å². The lowest BCUT2D eigenvalue weighted by Gasteiger charge is -2.38. The minimum absolute atomic E-state index is 0.00195. The fourth-order valence-electron chi connectivity index (χ4n) is 5.07. The molecule has 0 aliphatic carbocycles. The van der Waals surface area contributed by atoms with E-state index in [9.17, 15) is 4.79 Å². The highest BCUT2D eigenvalue weighted by molar-refractivity contribution is 6.31. The van der Waals surface area contributed by atoms with Crippen molar-refractivity contribution in [3.8, 4) is 0 Å². The molecule has 1 aromatic rings. The Morgan fingerprint density at radius 2 is 2.07 bits per heavy atom. The highest BCUT2D eigenvalue weighted by Crippen LogP contribution is 2.54. The molecule has 1 spiro atoms. The Morgan fingerprint density at radius 3 is 2.66 bits per heavy atom. The molecule has 29 heavy (non-hydrogen) atoms. The molecule has 1 saturated heterocycles. The van der Waals surface area contributed by atoms with Crippen LogP contribution >= 0.6 is 23.2 Å². The zero-order valence-electron chi connectivity index (χ0n) is 17.8. The maximum atomic E-state index is 15.3. The lowest BCUT2D eigenvalue weighted by atomic mass is 9.63. The zero-order chi connectivity index (χ0) is 21.6. The van der Waals surface area contributed by atoms with Crippen molar-refractivity contribution in [3.63, 3.8) is 0 Å². The Kier molecular flexibility index (Phi) is 6.39. The van der Waals surface area contributed by atoms with E-state index in [2.05, 4.69) is 31.4 Å². The molecular formula is C23H31Cl2FN2O. The van der Waals surface area contributed by atoms with Crippen molar-refractivity contribution in [1.29, 1.82) is 0 Å². The minimum Gasteiger partial charge on any atom is -0.325 e. The van der Waals surface area contributed by atoms with Crippen molar-refractivity contribution in [3.05, 3.63) is 40.2 Å². The van der Waals surface area contributed by atoms with E-state index in [4.69, 9.17) is 23.2 Å². The van der Waals surface area contributed by atoms with E-state index in [1.54, 1.807) is 13.0 Å². The maximum absolute atomic E-state index is 15.3. The van der Waals surface area contributed by atoms with Gasteiger partial charge in [-0.2, -0.15) is 0 Å². The molecule has 0 aromatic heterocycles. The first kappa shape index (κ1) is 22.6. The number of hydrogen-bond acceptors (Lipinski definition) is 2. The minimum atomic E-state index is -0.874. The molecule has 2 aliphatic heterocycles. The molecule has 2 aliphatic rings. The van der Waals surface area contributed by atoms with Crippen molar-refractivity contribution < 1.29 is 9.18 Å². The van der Waals surface area contributed by atoms with E-state index in [-0.39, 0.29) is 29.1 Å². The second kappa shape index (κ2) is 8.20. The topological polar surface area (TPSA) is 41.1 Å². The number of alkyl halides is 1. The molecule has 3 rings (SSSR count). The first-order valence-electron chi connectivity index (χ1n) is 10.4. The van der Waals surface area contributed by atoms with Crippen molar-refractivity contribution >= 4 is 34.8 Å². The highest BCUT2D eigenvalue weighted by Gasteiger charge is 2.61. The third-order valence-electron chi connectivity index (χ3n) is 6.13. The fourth-order valence-corrected chi connectivity index (χ4v) is 5.39. The van der Waals surface area contributed by atoms with Crippen LogP contribution in [0.25, 0.3) is 0 Å². The monoisotopic (exact) mass is 440 g/mol. The molecule has 2 heterocycles. The number of nitrogens with one attached hydrogen (secondary N) is 2. The molecule has 0 radical (unpaired) electrons. The Hall–Kier alpha value is -1.10. The summed E-state index contributed by atoms with van der Waals surface area (Å²) in [7, 11) is 0. The van der Waals surface area contributed by atoms with Crippen LogP contribution in [0.4, 0.5) is 10.1 Å². The lowest BCUT2D eigenvalue weighted by molar-refractivity contribution is -0.122. The van der Waals surface area contributed by atoms with Crippen molar-refractivity contribution in [2.24, 2.45) is 11.3 Å². The Balaban J connectivity index is 2.23. The number of benzene rings is 1. The molecule has 1 unspecified atom stereocenters. The number of rotatable bonds is 5. The van der Waals surface area contributed by atoms with Crippen LogP contribution in [0.3, 0.4) is 0 Å². The summed E-state index contributed by atoms with van der Waals surface area (Å²) < 4.78 is 15.3. The summed E-state index contributed by atoms with van der Waals surface area (Å²) in [5.41, 5.74) is 1.42. The number of hydrogen-bond donors (Lipinski definition) is 2. The second-order valence-electron chi connectivity index (χ2n) is 9.53. The fraction of sp³-hybridized carbons (Fsp3) is 0.609. The van der Waals surface area contributed by atoms with Crippen LogP contribution in [0.15, 0.2) is 29.6 Å². The van der Waals surface area contributed by atoms with Crippen molar-refractivity contribution in [1.82, 2.24) is 5.32 Å². The van der Waals surface area contributed by atoms with Gasteiger partial charge in [0.2, 0.25) is 5.91 Å². The highest BCUT2D eigenvalue weighted by atomic mass is 35.5. The molecule has 1 amide bonds. The number of amides is 1. The van der Waals surface area contributed by atoms with Gasteiger partial charge in [-0.15, -0.1) is 11.6 Å². The van der Waals surface area contributed by atoms with E-state index in [0.717, 1.165) is 24.1 Å². The Labute approximate surface area is 183 Å². The second-order valence-corrected chi connectivity index (χ2v) is 10.6. The van der Waals surface area contributed by atoms with Gasteiger partial charge in [0.1, 0.15) is 5.83 Å². The summed E-state index contributed by atoms with van der Waals surface area (Å²) in [5.74, 6) is -0.674. The summed E-state index contributed by atoms with van der Waals surface area (Å²) in [6.07, 6.45) is 2.16. The van der Waals surface area contributed by atoms with Crippen LogP contribution in [-0.4, -0.2) is 23.9 Å². The van der Waals surface area contributed by atoms with Crippen LogP contribution < -0.4 is 10.6 Å². The van der Waals surface area contributed by atoms with Gasteiger partial charge < -0.3 is 10.6 Å². The van der Waals surface area contributed by atoms with E-state index in [1.165, 1.54) is 0 Å². The largest absolute Gasteiger partial charge is 0.325 e. The standard InChI is InChI=1S/C23H31Cl2FN2O/c1-6-7-15(20(26)13(2)24)17-12-27-19(11-22(3,4)5)23(17)16-9-8-14(25)10-18(16)28-21(23)29/h8-10,13,17,19,27H,6-7,11-12H2,1-5H3,(H,28,29)/b20-15-/t13?,17-,19+,23-/m0/s1. The van der Waals surface area contributed by atoms with Gasteiger partial charge in [-0.05, 0) is 48.4 Å². The quantitative estimate of drug-likeness (QED) is 0.534. The van der Waals surface area contributed by atoms with Gasteiger partial charge in [-0.1, -0.05) is 51.8 Å². The van der Waals surface area contributed by atoms with Crippen LogP contribution in [0.2, 0.25) is 5.02 Å². The summed E-state index contributed by atoms with van der Waals surface area (Å²) in [5, 5.41) is 6.47. The number of carbonyl (C=O) groups is 1. The average molecular weight is 441 g/mol. The molecule has 2 N–H and O–H groups in total. The number of halogens is 3. The van der Waals surface area contributed by atoms with Gasteiger partial charge in [0, 0.05) is 29.2 Å². The molecule has 0 saturated carbocycles. The molecule has 3 nitrogen and oxygen atoms in total. The molecule has 1 fully saturated rings. The number of anilines is 1. The van der Waals surface area contributed by atoms with Gasteiger partial charge in [-0.25, -0.2) is 4.39 Å². The average Bonchev–Trinajstić information content (AvgIpc) is 3.10. The Bertz CT molecular complexity index is 831. The molecular weight excluding hydrogens is 410 g/mol. The number of fused-ring (bicyclic) bond motifs is 2. The molecule has 1 aromatic carbocycles. The molecule has 6 heteroatoms. The summed E-state index contributed by atoms with van der Waals surface area (Å²) in [4.78, 5) is 13.6. The lowest BCUT2D eigenvalue weighted by Crippen LogP contribution is -2.50. The van der Waals surface area contributed by atoms with E-state index < -0.39 is 10.8 Å². The SMILES string of the molecule is CCC/C(=C(/F)C(C)Cl)[C@@H]1CN[C@H](CC(C)(C)C)[C@@]12C(=O)Nc1cc(Cl)ccc12. The number of allylic oxidation sites excluding steroid dienone is 1. The van der Waals surface area contributed by atoms with E-state index >= 15 is 4.39 Å². The summed E-state index contributed by atoms with van der Waals surface area (Å²) in [6.45, 7) is 10.7. The maximum Gasteiger partial charge on any atom is 0.237 e. The first-order valence-corrected chi connectivity index (χ1v) is 11.2. The molecule has 0 bridgehead atoms. The van der Waals surface area contributed by atoms with Gasteiger partial charge >= 0.3 is 0 Å². The summed E-state index contributed by atoms with van der Waals surface area (Å²) >= 11 is 12.4. The van der Waals surface area contributed by atoms with Gasteiger partial charge in [0.25, 0.3) is 0 Å². The smallest absolute Gasteiger partial charge is 0.237 e. The first-order chi connectivity index (χ1) is 13.5. The number of carbonyl (C=O) groups excluding carboxylic acids is 1. The van der Waals surface area contributed by atoms with Gasteiger partial charge in [0.05, 0.1) is 10.8 Å². The van der Waals surface area contributed by atoms with E-state index in [0.29, 0.717) is 23.6 Å². The predicted molar refractivity (Wildman–Crippen MR) is 119 cm³/mol. The molecule has 160 valence electrons. The van der Waals surface area contributed by atoms with E-state index in [1.807, 2.05) is 19.1 Å². The predicted octanol–water partition coefficient (Wildman–Crippen LogP) is 6.21. The zero-order valence-corrected chi connectivity index (χ0v) is 19.3. The van der Waals surface area contributed by atoms with Crippen molar-refractivity contribution in [2.45, 2.75) is 70.7 Å². The van der Waals surface area contributed by atoms with Gasteiger partial charge in [-0.3, -0.25) is 4.79 Å². The normalized spacial score (nSPS) is 28.3. The Morgan fingerprint density at radius 1 is 1.38 bits per heavy atom. The van der Waals surface area contributed by atoms with Crippen LogP contribution in [0.1, 0.15) is 59.4 Å². The van der Waals surface area contributed by atoms with Crippen LogP contribution in [0, 0.1) is 11.3 Å². The third kappa shape index (κ3) is 3.96. The summed E-state index contributed by atoms with van der Waals surface area (Å²) in [6, 6.07) is 5.42. The van der Waals surface area contributed by atoms with Crippen LogP contribution in [0.5, 0.6) is 0 Å². The van der Waals surface area contributed by atoms with Gasteiger partial charge in [0.15, 0.2) is 0 Å². The third-order valence-corrected chi connectivity index (χ3v) is 6.56. The molecule has 4 atom stereocenters.